The summed E-state index contributed by atoms with van der Waals surface area (Å²) in [5.41, 5.74) is 0.176. The van der Waals surface area contributed by atoms with E-state index in [0.717, 1.165) is 0 Å². The van der Waals surface area contributed by atoms with Gasteiger partial charge in [-0.25, -0.2) is 0 Å². The van der Waals surface area contributed by atoms with Gasteiger partial charge in [-0.1, -0.05) is 48.5 Å². The summed E-state index contributed by atoms with van der Waals surface area (Å²) < 4.78 is 10.9. The summed E-state index contributed by atoms with van der Waals surface area (Å²) in [6, 6.07) is 12.4. The molecule has 0 amide bonds. The largest absolute Gasteiger partial charge is 0.364 e. The van der Waals surface area contributed by atoms with Crippen molar-refractivity contribution in [1.82, 2.24) is 0 Å². The Bertz CT molecular complexity index is 1370. The van der Waals surface area contributed by atoms with Crippen LogP contribution in [-0.4, -0.2) is 63.9 Å². The smallest absolute Gasteiger partial charge is 0.195 e. The van der Waals surface area contributed by atoms with Gasteiger partial charge in [0.2, 0.25) is 0 Å². The van der Waals surface area contributed by atoms with Crippen molar-refractivity contribution in [3.8, 4) is 0 Å². The average Bonchev–Trinajstić information content (AvgIpc) is 2.89. The Morgan fingerprint density at radius 3 is 1.31 bits per heavy atom. The van der Waals surface area contributed by atoms with Crippen LogP contribution >= 0.6 is 0 Å². The molecule has 2 heterocycles. The van der Waals surface area contributed by atoms with Gasteiger partial charge in [-0.3, -0.25) is 24.0 Å². The molecule has 180 valence electrons. The van der Waals surface area contributed by atoms with Gasteiger partial charge in [0.1, 0.15) is 12.2 Å². The Morgan fingerprint density at radius 2 is 0.944 bits per heavy atom. The van der Waals surface area contributed by atoms with E-state index in [1.807, 2.05) is 0 Å². The third kappa shape index (κ3) is 3.14. The van der Waals surface area contributed by atoms with Crippen molar-refractivity contribution in [2.45, 2.75) is 37.6 Å². The van der Waals surface area contributed by atoms with Crippen molar-refractivity contribution >= 4 is 28.9 Å². The SMILES string of the molecule is O=C1C2=C(C(=O)c3ccccc31)C(O)OC(C(=O)C1CC3=C(C(=O)c4ccccc4C3=O)C(O)O1)C2. The zero-order valence-corrected chi connectivity index (χ0v) is 18.6. The third-order valence-electron chi connectivity index (χ3n) is 7.01. The van der Waals surface area contributed by atoms with Gasteiger partial charge in [0.15, 0.2) is 41.5 Å². The topological polar surface area (TPSA) is 144 Å². The number of hydrogen-bond acceptors (Lipinski definition) is 9. The molecule has 2 aliphatic heterocycles. The molecule has 6 rings (SSSR count). The number of benzene rings is 2. The number of aliphatic hydroxyl groups is 2. The zero-order valence-electron chi connectivity index (χ0n) is 18.6. The number of Topliss-reactive ketones (excluding diaryl/α,β-unsaturated/α-hetero) is 5. The second-order valence-corrected chi connectivity index (χ2v) is 8.96. The van der Waals surface area contributed by atoms with Crippen molar-refractivity contribution in [1.29, 1.82) is 0 Å². The van der Waals surface area contributed by atoms with Gasteiger partial charge in [0.05, 0.1) is 11.1 Å². The molecule has 0 spiro atoms. The minimum absolute atomic E-state index is 0.0232. The van der Waals surface area contributed by atoms with E-state index < -0.39 is 53.7 Å². The fourth-order valence-corrected chi connectivity index (χ4v) is 5.28. The molecular formula is C27H18O9. The van der Waals surface area contributed by atoms with E-state index in [-0.39, 0.29) is 57.4 Å². The molecule has 0 saturated heterocycles. The van der Waals surface area contributed by atoms with Gasteiger partial charge in [-0.05, 0) is 0 Å². The van der Waals surface area contributed by atoms with Gasteiger partial charge in [-0.2, -0.15) is 0 Å². The number of carbonyl (C=O) groups is 5. The molecule has 9 heteroatoms. The summed E-state index contributed by atoms with van der Waals surface area (Å²) in [4.78, 5) is 65.3. The predicted molar refractivity (Wildman–Crippen MR) is 120 cm³/mol. The molecule has 0 bridgehead atoms. The van der Waals surface area contributed by atoms with E-state index in [1.165, 1.54) is 24.3 Å². The predicted octanol–water partition coefficient (Wildman–Crippen LogP) is 1.52. The molecule has 9 nitrogen and oxygen atoms in total. The first-order valence-corrected chi connectivity index (χ1v) is 11.3. The third-order valence-corrected chi connectivity index (χ3v) is 7.01. The molecule has 2 N–H and O–H groups in total. The van der Waals surface area contributed by atoms with E-state index in [1.54, 1.807) is 24.3 Å². The molecular weight excluding hydrogens is 468 g/mol. The Balaban J connectivity index is 1.29. The van der Waals surface area contributed by atoms with Crippen LogP contribution < -0.4 is 0 Å². The highest BCUT2D eigenvalue weighted by atomic mass is 16.6. The van der Waals surface area contributed by atoms with Crippen molar-refractivity contribution in [2.75, 3.05) is 0 Å². The fourth-order valence-electron chi connectivity index (χ4n) is 5.28. The van der Waals surface area contributed by atoms with Crippen LogP contribution in [0, 0.1) is 0 Å². The maximum atomic E-state index is 13.4. The van der Waals surface area contributed by atoms with E-state index in [4.69, 9.17) is 9.47 Å². The molecule has 4 atom stereocenters. The van der Waals surface area contributed by atoms with E-state index >= 15 is 0 Å². The van der Waals surface area contributed by atoms with Crippen LogP contribution in [0.25, 0.3) is 0 Å². The van der Waals surface area contributed by atoms with Crippen LogP contribution in [-0.2, 0) is 14.3 Å². The Kier molecular flexibility index (Phi) is 5.06. The van der Waals surface area contributed by atoms with Crippen molar-refractivity contribution in [2.24, 2.45) is 0 Å². The molecule has 4 unspecified atom stereocenters. The monoisotopic (exact) mass is 486 g/mol. The lowest BCUT2D eigenvalue weighted by molar-refractivity contribution is -0.175. The molecule has 2 aromatic carbocycles. The summed E-state index contributed by atoms with van der Waals surface area (Å²) in [5, 5.41) is 21.1. The van der Waals surface area contributed by atoms with Gasteiger partial charge < -0.3 is 19.7 Å². The molecule has 36 heavy (non-hydrogen) atoms. The summed E-state index contributed by atoms with van der Waals surface area (Å²) >= 11 is 0. The fraction of sp³-hybridized carbons (Fsp3) is 0.222. The number of ketones is 5. The summed E-state index contributed by atoms with van der Waals surface area (Å²) in [5.74, 6) is -2.81. The average molecular weight is 486 g/mol. The molecule has 0 aromatic heterocycles. The molecule has 0 saturated carbocycles. The maximum Gasteiger partial charge on any atom is 0.195 e. The molecule has 2 aliphatic carbocycles. The van der Waals surface area contributed by atoms with Gasteiger partial charge in [0, 0.05) is 46.2 Å². The number of carbonyl (C=O) groups excluding carboxylic acids is 5. The van der Waals surface area contributed by atoms with Crippen LogP contribution in [0.5, 0.6) is 0 Å². The number of hydrogen-bond donors (Lipinski definition) is 2. The highest BCUT2D eigenvalue weighted by Gasteiger charge is 2.47. The highest BCUT2D eigenvalue weighted by Crippen LogP contribution is 2.39. The van der Waals surface area contributed by atoms with Crippen molar-refractivity contribution < 1.29 is 43.7 Å². The number of ether oxygens (including phenoxy) is 2. The second kappa shape index (κ2) is 8.07. The standard InChI is InChI=1S/C27H18O9/c28-21-11-5-1-3-7-13(11)23(30)19-15(21)9-17(35-26(19)33)25(32)18-10-16-20(27(34)36-18)24(31)14-8-4-2-6-12(14)22(16)29/h1-8,17-18,26-27,33-34H,9-10H2. The van der Waals surface area contributed by atoms with Crippen molar-refractivity contribution in [3.05, 3.63) is 93.1 Å². The number of fused-ring (bicyclic) bond motifs is 2. The van der Waals surface area contributed by atoms with Gasteiger partial charge >= 0.3 is 0 Å². The van der Waals surface area contributed by atoms with Crippen LogP contribution in [0.4, 0.5) is 0 Å². The molecule has 0 radical (unpaired) electrons. The molecule has 4 aliphatic rings. The van der Waals surface area contributed by atoms with Gasteiger partial charge in [-0.15, -0.1) is 0 Å². The maximum absolute atomic E-state index is 13.4. The van der Waals surface area contributed by atoms with Crippen LogP contribution in [0.3, 0.4) is 0 Å². The minimum Gasteiger partial charge on any atom is -0.364 e. The van der Waals surface area contributed by atoms with Crippen molar-refractivity contribution in [3.63, 3.8) is 0 Å². The van der Waals surface area contributed by atoms with E-state index in [9.17, 15) is 34.2 Å². The first-order valence-electron chi connectivity index (χ1n) is 11.3. The highest BCUT2D eigenvalue weighted by molar-refractivity contribution is 6.28. The minimum atomic E-state index is -1.82. The second-order valence-electron chi connectivity index (χ2n) is 8.96. The van der Waals surface area contributed by atoms with E-state index in [0.29, 0.717) is 0 Å². The first-order chi connectivity index (χ1) is 17.3. The summed E-state index contributed by atoms with van der Waals surface area (Å²) in [7, 11) is 0. The molecule has 2 aromatic rings. The van der Waals surface area contributed by atoms with E-state index in [2.05, 4.69) is 0 Å². The Hall–Kier alpha value is -3.89. The van der Waals surface area contributed by atoms with Crippen LogP contribution in [0.15, 0.2) is 70.8 Å². The number of aliphatic hydroxyl groups excluding tert-OH is 2. The van der Waals surface area contributed by atoms with Gasteiger partial charge in [0.25, 0.3) is 0 Å². The zero-order chi connectivity index (χ0) is 25.3. The van der Waals surface area contributed by atoms with Crippen LogP contribution in [0.1, 0.15) is 54.3 Å². The Morgan fingerprint density at radius 1 is 0.611 bits per heavy atom. The summed E-state index contributed by atoms with van der Waals surface area (Å²) in [6.07, 6.45) is -6.96. The summed E-state index contributed by atoms with van der Waals surface area (Å²) in [6.45, 7) is 0. The Labute approximate surface area is 203 Å². The lowest BCUT2D eigenvalue weighted by Gasteiger charge is -2.36. The first kappa shape index (κ1) is 22.6. The molecule has 0 fully saturated rings. The lowest BCUT2D eigenvalue weighted by atomic mass is 9.78. The lowest BCUT2D eigenvalue weighted by Crippen LogP contribution is -2.48. The quantitative estimate of drug-likeness (QED) is 0.645. The number of rotatable bonds is 2. The van der Waals surface area contributed by atoms with Crippen LogP contribution in [0.2, 0.25) is 0 Å². The normalized spacial score (nSPS) is 27.4.